The predicted octanol–water partition coefficient (Wildman–Crippen LogP) is 2.12. The largest absolute Gasteiger partial charge is 0.477 e. The molecule has 3 aromatic rings. The van der Waals surface area contributed by atoms with Gasteiger partial charge in [-0.3, -0.25) is 5.10 Å². The molecule has 0 saturated carbocycles. The molecule has 9 nitrogen and oxygen atoms in total. The molecule has 0 aromatic carbocycles. The molecule has 0 bridgehead atoms. The molecule has 4 rings (SSSR count). The maximum atomic E-state index is 5.42. The van der Waals surface area contributed by atoms with Gasteiger partial charge in [-0.15, -0.1) is 5.10 Å². The van der Waals surface area contributed by atoms with E-state index in [1.807, 2.05) is 11.6 Å². The van der Waals surface area contributed by atoms with Crippen LogP contribution < -0.4 is 10.1 Å². The van der Waals surface area contributed by atoms with Gasteiger partial charge in [0.1, 0.15) is 11.3 Å². The summed E-state index contributed by atoms with van der Waals surface area (Å²) < 4.78 is 12.7. The molecule has 1 saturated heterocycles. The number of anilines is 2. The Bertz CT molecular complexity index is 838. The Morgan fingerprint density at radius 3 is 3.08 bits per heavy atom. The molecule has 4 heterocycles. The van der Waals surface area contributed by atoms with E-state index in [1.54, 1.807) is 18.5 Å². The second kappa shape index (κ2) is 7.06. The maximum Gasteiger partial charge on any atom is 0.234 e. The standard InChI is InChI=1S/C16H21N7O2/c1-2-25-15-7-13(21-22-15)19-14-9-17-12-8-18-23(16(12)20-14)10-11-3-5-24-6-4-11/h7-9,11H,2-6,10H2,1H3,(H2,19,20,21,22). The third-order valence-corrected chi connectivity index (χ3v) is 4.23. The quantitative estimate of drug-likeness (QED) is 0.706. The molecule has 25 heavy (non-hydrogen) atoms. The summed E-state index contributed by atoms with van der Waals surface area (Å²) in [6, 6.07) is 1.79. The van der Waals surface area contributed by atoms with Crippen molar-refractivity contribution < 1.29 is 9.47 Å². The van der Waals surface area contributed by atoms with Crippen LogP contribution in [-0.2, 0) is 11.3 Å². The molecule has 1 aliphatic heterocycles. The van der Waals surface area contributed by atoms with Gasteiger partial charge in [-0.1, -0.05) is 0 Å². The van der Waals surface area contributed by atoms with Crippen LogP contribution in [0.4, 0.5) is 11.6 Å². The Balaban J connectivity index is 1.52. The van der Waals surface area contributed by atoms with E-state index in [0.717, 1.165) is 43.8 Å². The van der Waals surface area contributed by atoms with Crippen molar-refractivity contribution in [2.75, 3.05) is 25.1 Å². The van der Waals surface area contributed by atoms with Crippen molar-refractivity contribution in [3.05, 3.63) is 18.5 Å². The van der Waals surface area contributed by atoms with Gasteiger partial charge in [0.15, 0.2) is 11.5 Å². The normalized spacial score (nSPS) is 15.6. The van der Waals surface area contributed by atoms with Crippen molar-refractivity contribution >= 4 is 22.8 Å². The van der Waals surface area contributed by atoms with Gasteiger partial charge in [0.05, 0.1) is 19.0 Å². The van der Waals surface area contributed by atoms with Crippen LogP contribution in [0.3, 0.4) is 0 Å². The van der Waals surface area contributed by atoms with Crippen LogP contribution in [0.5, 0.6) is 5.88 Å². The average molecular weight is 343 g/mol. The number of aromatic nitrogens is 6. The first kappa shape index (κ1) is 15.8. The number of H-pyrrole nitrogens is 1. The van der Waals surface area contributed by atoms with Gasteiger partial charge in [0.2, 0.25) is 5.88 Å². The van der Waals surface area contributed by atoms with E-state index in [2.05, 4.69) is 30.6 Å². The number of hydrogen-bond acceptors (Lipinski definition) is 7. The van der Waals surface area contributed by atoms with E-state index >= 15 is 0 Å². The summed E-state index contributed by atoms with van der Waals surface area (Å²) in [7, 11) is 0. The molecule has 0 spiro atoms. The van der Waals surface area contributed by atoms with Crippen LogP contribution in [0.2, 0.25) is 0 Å². The van der Waals surface area contributed by atoms with E-state index in [1.165, 1.54) is 0 Å². The molecule has 0 aliphatic carbocycles. The zero-order chi connectivity index (χ0) is 17.1. The summed E-state index contributed by atoms with van der Waals surface area (Å²) in [5.74, 6) is 2.45. The molecule has 1 fully saturated rings. The fourth-order valence-electron chi connectivity index (χ4n) is 2.94. The summed E-state index contributed by atoms with van der Waals surface area (Å²) >= 11 is 0. The van der Waals surface area contributed by atoms with Crippen molar-refractivity contribution in [3.63, 3.8) is 0 Å². The van der Waals surface area contributed by atoms with Gasteiger partial charge in [-0.05, 0) is 25.7 Å². The molecule has 0 amide bonds. The van der Waals surface area contributed by atoms with Crippen molar-refractivity contribution in [1.82, 2.24) is 29.9 Å². The minimum absolute atomic E-state index is 0.545. The van der Waals surface area contributed by atoms with Crippen LogP contribution in [0, 0.1) is 5.92 Å². The van der Waals surface area contributed by atoms with Crippen molar-refractivity contribution in [2.24, 2.45) is 5.92 Å². The SMILES string of the molecule is CCOc1cc(Nc2cnc3cnn(CC4CCOCC4)c3n2)[nH]n1. The van der Waals surface area contributed by atoms with Crippen LogP contribution in [-0.4, -0.2) is 49.8 Å². The van der Waals surface area contributed by atoms with Crippen molar-refractivity contribution in [1.29, 1.82) is 0 Å². The summed E-state index contributed by atoms with van der Waals surface area (Å²) in [6.07, 6.45) is 5.56. The van der Waals surface area contributed by atoms with E-state index in [9.17, 15) is 0 Å². The predicted molar refractivity (Wildman–Crippen MR) is 91.9 cm³/mol. The van der Waals surface area contributed by atoms with Crippen LogP contribution in [0.1, 0.15) is 19.8 Å². The second-order valence-corrected chi connectivity index (χ2v) is 6.02. The number of rotatable bonds is 6. The minimum atomic E-state index is 0.545. The van der Waals surface area contributed by atoms with Gasteiger partial charge in [-0.2, -0.15) is 5.10 Å². The van der Waals surface area contributed by atoms with Gasteiger partial charge < -0.3 is 14.8 Å². The molecule has 9 heteroatoms. The smallest absolute Gasteiger partial charge is 0.234 e. The summed E-state index contributed by atoms with van der Waals surface area (Å²) in [4.78, 5) is 9.09. The number of hydrogen-bond donors (Lipinski definition) is 2. The minimum Gasteiger partial charge on any atom is -0.477 e. The lowest BCUT2D eigenvalue weighted by Crippen LogP contribution is -2.21. The molecule has 1 aliphatic rings. The average Bonchev–Trinajstić information content (AvgIpc) is 3.24. The van der Waals surface area contributed by atoms with Crippen LogP contribution in [0.25, 0.3) is 11.2 Å². The zero-order valence-corrected chi connectivity index (χ0v) is 14.1. The molecule has 0 radical (unpaired) electrons. The monoisotopic (exact) mass is 343 g/mol. The maximum absolute atomic E-state index is 5.42. The zero-order valence-electron chi connectivity index (χ0n) is 14.1. The van der Waals surface area contributed by atoms with E-state index < -0.39 is 0 Å². The number of aromatic amines is 1. The third kappa shape index (κ3) is 3.55. The number of ether oxygens (including phenoxy) is 2. The van der Waals surface area contributed by atoms with E-state index in [-0.39, 0.29) is 0 Å². The highest BCUT2D eigenvalue weighted by molar-refractivity contribution is 5.71. The summed E-state index contributed by atoms with van der Waals surface area (Å²) in [5.41, 5.74) is 1.57. The lowest BCUT2D eigenvalue weighted by molar-refractivity contribution is 0.0605. The summed E-state index contributed by atoms with van der Waals surface area (Å²) in [6.45, 7) is 4.97. The van der Waals surface area contributed by atoms with Crippen molar-refractivity contribution in [2.45, 2.75) is 26.3 Å². The Morgan fingerprint density at radius 1 is 1.36 bits per heavy atom. The Morgan fingerprint density at radius 2 is 2.24 bits per heavy atom. The molecule has 2 N–H and O–H groups in total. The highest BCUT2D eigenvalue weighted by Crippen LogP contribution is 2.21. The summed E-state index contributed by atoms with van der Waals surface area (Å²) in [5, 5.41) is 14.5. The number of nitrogens with zero attached hydrogens (tertiary/aromatic N) is 5. The van der Waals surface area contributed by atoms with Crippen LogP contribution >= 0.6 is 0 Å². The lowest BCUT2D eigenvalue weighted by Gasteiger charge is -2.21. The van der Waals surface area contributed by atoms with E-state index in [4.69, 9.17) is 9.47 Å². The Kier molecular flexibility index (Phi) is 4.47. The van der Waals surface area contributed by atoms with Gasteiger partial charge in [0.25, 0.3) is 0 Å². The molecular formula is C16H21N7O2. The van der Waals surface area contributed by atoms with Crippen LogP contribution in [0.15, 0.2) is 18.5 Å². The molecule has 3 aromatic heterocycles. The van der Waals surface area contributed by atoms with Crippen molar-refractivity contribution in [3.8, 4) is 5.88 Å². The highest BCUT2D eigenvalue weighted by atomic mass is 16.5. The Hall–Kier alpha value is -2.68. The highest BCUT2D eigenvalue weighted by Gasteiger charge is 2.17. The molecule has 0 unspecified atom stereocenters. The first-order chi connectivity index (χ1) is 12.3. The van der Waals surface area contributed by atoms with E-state index in [0.29, 0.717) is 30.0 Å². The molecular weight excluding hydrogens is 322 g/mol. The third-order valence-electron chi connectivity index (χ3n) is 4.23. The first-order valence-electron chi connectivity index (χ1n) is 8.53. The van der Waals surface area contributed by atoms with Gasteiger partial charge in [-0.25, -0.2) is 14.6 Å². The fraction of sp³-hybridized carbons (Fsp3) is 0.500. The topological polar surface area (TPSA) is 103 Å². The Labute approximate surface area is 144 Å². The lowest BCUT2D eigenvalue weighted by atomic mass is 10.0. The second-order valence-electron chi connectivity index (χ2n) is 6.02. The number of fused-ring (bicyclic) bond motifs is 1. The molecule has 0 atom stereocenters. The number of nitrogens with one attached hydrogen (secondary N) is 2. The first-order valence-corrected chi connectivity index (χ1v) is 8.53. The van der Waals surface area contributed by atoms with Gasteiger partial charge >= 0.3 is 0 Å². The molecule has 132 valence electrons. The fourth-order valence-corrected chi connectivity index (χ4v) is 2.94. The van der Waals surface area contributed by atoms with Gasteiger partial charge in [0, 0.05) is 25.8 Å².